The van der Waals surface area contributed by atoms with Crippen LogP contribution in [0.1, 0.15) is 59.4 Å². The number of ether oxygens (including phenoxy) is 2. The number of aryl methyl sites for hydroxylation is 1. The van der Waals surface area contributed by atoms with Crippen LogP contribution in [0, 0.1) is 0 Å². The Balaban J connectivity index is 1.43. The van der Waals surface area contributed by atoms with E-state index in [1.165, 1.54) is 15.6 Å². The fourth-order valence-electron chi connectivity index (χ4n) is 4.86. The van der Waals surface area contributed by atoms with Crippen LogP contribution in [0.25, 0.3) is 22.3 Å². The molecule has 0 saturated heterocycles. The highest BCUT2D eigenvalue weighted by Gasteiger charge is 2.29. The molecule has 4 heterocycles. The van der Waals surface area contributed by atoms with Crippen molar-refractivity contribution in [2.24, 2.45) is 7.05 Å². The first-order chi connectivity index (χ1) is 18.6. The van der Waals surface area contributed by atoms with E-state index in [0.717, 1.165) is 48.0 Å². The van der Waals surface area contributed by atoms with Gasteiger partial charge in [-0.25, -0.2) is 14.5 Å². The molecule has 12 heteroatoms. The Labute approximate surface area is 225 Å². The fourth-order valence-corrected chi connectivity index (χ4v) is 4.86. The maximum atomic E-state index is 12.9. The number of H-pyrrole nitrogens is 1. The quantitative estimate of drug-likeness (QED) is 0.388. The number of amides is 1. The summed E-state index contributed by atoms with van der Waals surface area (Å²) < 4.78 is 15.0. The third-order valence-electron chi connectivity index (χ3n) is 6.75. The molecule has 4 aromatic heterocycles. The molecule has 1 fully saturated rings. The minimum absolute atomic E-state index is 0.000125. The lowest BCUT2D eigenvalue weighted by Crippen LogP contribution is -2.37. The number of carbonyl (C=O) groups is 1. The molecule has 0 radical (unpaired) electrons. The Morgan fingerprint density at radius 2 is 1.92 bits per heavy atom. The van der Waals surface area contributed by atoms with E-state index in [1.54, 1.807) is 25.5 Å². The first-order valence-electron chi connectivity index (χ1n) is 13.2. The molecule has 0 unspecified atom stereocenters. The number of aromatic nitrogens is 7. The van der Waals surface area contributed by atoms with Gasteiger partial charge in [-0.3, -0.25) is 19.5 Å². The monoisotopic (exact) mass is 534 g/mol. The zero-order valence-electron chi connectivity index (χ0n) is 22.9. The first kappa shape index (κ1) is 26.4. The van der Waals surface area contributed by atoms with Crippen molar-refractivity contribution in [1.29, 1.82) is 0 Å². The second-order valence-electron chi connectivity index (χ2n) is 10.7. The maximum Gasteiger partial charge on any atom is 0.415 e. The number of rotatable bonds is 6. The van der Waals surface area contributed by atoms with Gasteiger partial charge in [0.1, 0.15) is 23.2 Å². The van der Waals surface area contributed by atoms with Crippen molar-refractivity contribution in [3.05, 3.63) is 47.0 Å². The van der Waals surface area contributed by atoms with Crippen LogP contribution >= 0.6 is 0 Å². The van der Waals surface area contributed by atoms with Crippen LogP contribution in [0.2, 0.25) is 0 Å². The molecule has 1 amide bonds. The van der Waals surface area contributed by atoms with Gasteiger partial charge in [-0.2, -0.15) is 10.2 Å². The van der Waals surface area contributed by atoms with Gasteiger partial charge in [0.15, 0.2) is 0 Å². The molecule has 1 N–H and O–H groups in total. The minimum Gasteiger partial charge on any atom is -0.473 e. The van der Waals surface area contributed by atoms with Gasteiger partial charge in [0, 0.05) is 49.6 Å². The van der Waals surface area contributed by atoms with Gasteiger partial charge in [-0.15, -0.1) is 5.10 Å². The van der Waals surface area contributed by atoms with Crippen LogP contribution in [0.3, 0.4) is 0 Å². The molecule has 1 aliphatic rings. The van der Waals surface area contributed by atoms with Gasteiger partial charge in [0.05, 0.1) is 17.3 Å². The molecule has 1 aliphatic carbocycles. The molecule has 0 atom stereocenters. The normalized spacial score (nSPS) is 17.8. The molecule has 0 spiro atoms. The first-order valence-corrected chi connectivity index (χ1v) is 13.2. The summed E-state index contributed by atoms with van der Waals surface area (Å²) >= 11 is 0. The molecule has 12 nitrogen and oxygen atoms in total. The number of fused-ring (bicyclic) bond motifs is 1. The second kappa shape index (κ2) is 10.5. The summed E-state index contributed by atoms with van der Waals surface area (Å²) in [5.41, 5.74) is 1.65. The van der Waals surface area contributed by atoms with Crippen LogP contribution < -0.4 is 15.2 Å². The number of hydrogen-bond donors (Lipinski definition) is 1. The average Bonchev–Trinajstić information content (AvgIpc) is 3.54. The molecule has 5 rings (SSSR count). The van der Waals surface area contributed by atoms with E-state index in [9.17, 15) is 9.59 Å². The molecule has 4 aromatic rings. The summed E-state index contributed by atoms with van der Waals surface area (Å²) in [6.07, 6.45) is 6.32. The number of pyridine rings is 1. The van der Waals surface area contributed by atoms with Crippen LogP contribution in [0.15, 0.2) is 41.5 Å². The highest BCUT2D eigenvalue weighted by atomic mass is 16.6. The van der Waals surface area contributed by atoms with E-state index in [2.05, 4.69) is 20.3 Å². The zero-order chi connectivity index (χ0) is 27.7. The van der Waals surface area contributed by atoms with E-state index < -0.39 is 11.7 Å². The smallest absolute Gasteiger partial charge is 0.415 e. The lowest BCUT2D eigenvalue weighted by Gasteiger charge is -2.29. The summed E-state index contributed by atoms with van der Waals surface area (Å²) in [6, 6.07) is 6.99. The Morgan fingerprint density at radius 3 is 2.56 bits per heavy atom. The van der Waals surface area contributed by atoms with Crippen molar-refractivity contribution >= 4 is 22.8 Å². The van der Waals surface area contributed by atoms with Crippen molar-refractivity contribution < 1.29 is 14.3 Å². The van der Waals surface area contributed by atoms with Crippen LogP contribution in [0.5, 0.6) is 5.88 Å². The predicted octanol–water partition coefficient (Wildman–Crippen LogP) is 4.24. The van der Waals surface area contributed by atoms with Crippen molar-refractivity contribution in [1.82, 2.24) is 34.7 Å². The van der Waals surface area contributed by atoms with Crippen LogP contribution in [-0.2, 0) is 11.8 Å². The van der Waals surface area contributed by atoms with E-state index in [1.807, 2.05) is 44.5 Å². The summed E-state index contributed by atoms with van der Waals surface area (Å²) in [5.74, 6) is 0.957. The third-order valence-corrected chi connectivity index (χ3v) is 6.75. The van der Waals surface area contributed by atoms with Gasteiger partial charge in [-0.1, -0.05) is 0 Å². The predicted molar refractivity (Wildman–Crippen MR) is 146 cm³/mol. The number of nitrogens with zero attached hydrogens (tertiary/aromatic N) is 7. The molecule has 0 bridgehead atoms. The molecule has 0 aliphatic heterocycles. The summed E-state index contributed by atoms with van der Waals surface area (Å²) in [5, 5.41) is 17.2. The number of aromatic amines is 1. The van der Waals surface area contributed by atoms with E-state index in [4.69, 9.17) is 14.6 Å². The number of anilines is 1. The van der Waals surface area contributed by atoms with Gasteiger partial charge in [0.25, 0.3) is 5.56 Å². The Morgan fingerprint density at radius 1 is 1.15 bits per heavy atom. The van der Waals surface area contributed by atoms with Gasteiger partial charge < -0.3 is 9.47 Å². The number of carbonyl (C=O) groups excluding carboxylic acids is 1. The van der Waals surface area contributed by atoms with Gasteiger partial charge in [0.2, 0.25) is 5.88 Å². The van der Waals surface area contributed by atoms with Crippen LogP contribution in [-0.4, -0.2) is 59.1 Å². The highest BCUT2D eigenvalue weighted by molar-refractivity contribution is 5.95. The molecule has 39 heavy (non-hydrogen) atoms. The maximum absolute atomic E-state index is 12.9. The van der Waals surface area contributed by atoms with Crippen molar-refractivity contribution in [3.8, 4) is 17.3 Å². The molecular weight excluding hydrogens is 500 g/mol. The molecule has 1 saturated carbocycles. The molecular formula is C27H34N8O4. The second-order valence-corrected chi connectivity index (χ2v) is 10.7. The van der Waals surface area contributed by atoms with Gasteiger partial charge >= 0.3 is 6.09 Å². The van der Waals surface area contributed by atoms with Crippen molar-refractivity contribution in [3.63, 3.8) is 0 Å². The summed E-state index contributed by atoms with van der Waals surface area (Å²) in [6.45, 7) is 7.84. The Hall–Kier alpha value is -4.22. The number of nitrogens with one attached hydrogen (secondary N) is 1. The topological polar surface area (TPSA) is 133 Å². The minimum atomic E-state index is -0.616. The van der Waals surface area contributed by atoms with Crippen molar-refractivity contribution in [2.45, 2.75) is 71.1 Å². The molecule has 0 aromatic carbocycles. The van der Waals surface area contributed by atoms with E-state index in [-0.39, 0.29) is 17.7 Å². The Bertz CT molecular complexity index is 1510. The largest absolute Gasteiger partial charge is 0.473 e. The van der Waals surface area contributed by atoms with Gasteiger partial charge in [-0.05, 0) is 59.4 Å². The van der Waals surface area contributed by atoms with Crippen molar-refractivity contribution in [2.75, 3.05) is 11.4 Å². The third kappa shape index (κ3) is 5.64. The SMILES string of the molecule is CCN(C(=O)OC(C)(C)C)c1cc2c(cn1)c(-c1ccn[nH]1)nn2C1CCC(Oc2ccc(=O)n(C)n2)CC1. The summed E-state index contributed by atoms with van der Waals surface area (Å²) in [4.78, 5) is 30.7. The average molecular weight is 535 g/mol. The van der Waals surface area contributed by atoms with Crippen LogP contribution in [0.4, 0.5) is 10.6 Å². The fraction of sp³-hybridized carbons (Fsp3) is 0.481. The highest BCUT2D eigenvalue weighted by Crippen LogP contribution is 2.36. The van der Waals surface area contributed by atoms with E-state index in [0.29, 0.717) is 18.2 Å². The Kier molecular flexibility index (Phi) is 7.11. The lowest BCUT2D eigenvalue weighted by molar-refractivity contribution is 0.0581. The summed E-state index contributed by atoms with van der Waals surface area (Å²) in [7, 11) is 1.61. The van der Waals surface area contributed by atoms with E-state index >= 15 is 0 Å². The molecule has 206 valence electrons. The lowest BCUT2D eigenvalue weighted by atomic mass is 9.93. The standard InChI is InChI=1S/C27H34N8O4/c1-6-34(26(37)39-27(2,3)4)22-15-21-19(16-28-22)25(20-13-14-29-30-20)32-35(21)17-7-9-18(10-8-17)38-23-11-12-24(36)33(5)31-23/h11-18H,6-10H2,1-5H3,(H,29,30). The zero-order valence-corrected chi connectivity index (χ0v) is 22.9. The number of hydrogen-bond acceptors (Lipinski definition) is 8.